The van der Waals surface area contributed by atoms with Crippen molar-refractivity contribution in [3.63, 3.8) is 0 Å². The molecular formula is C22H23ClN2O2. The second-order valence-electron chi connectivity index (χ2n) is 8.28. The first-order valence-electron chi connectivity index (χ1n) is 8.85. The highest BCUT2D eigenvalue weighted by atomic mass is 35.5. The lowest BCUT2D eigenvalue weighted by atomic mass is 9.44. The molecule has 3 rings (SSSR count). The van der Waals surface area contributed by atoms with Crippen LogP contribution in [0.1, 0.15) is 55.1 Å². The second kappa shape index (κ2) is 6.58. The van der Waals surface area contributed by atoms with Crippen LogP contribution in [-0.2, 0) is 0 Å². The van der Waals surface area contributed by atoms with Crippen molar-refractivity contribution in [3.05, 3.63) is 64.2 Å². The molecule has 1 saturated carbocycles. The Morgan fingerprint density at radius 3 is 2.33 bits per heavy atom. The first-order chi connectivity index (χ1) is 12.6. The molecule has 2 aromatic carbocycles. The fourth-order valence-electron chi connectivity index (χ4n) is 5.00. The molecule has 2 N–H and O–H groups in total. The highest BCUT2D eigenvalue weighted by Gasteiger charge is 2.64. The summed E-state index contributed by atoms with van der Waals surface area (Å²) in [7, 11) is 0. The molecular weight excluding hydrogens is 360 g/mol. The molecule has 0 spiro atoms. The van der Waals surface area contributed by atoms with Crippen LogP contribution in [0.5, 0.6) is 5.75 Å². The van der Waals surface area contributed by atoms with Crippen molar-refractivity contribution in [2.75, 3.05) is 0 Å². The van der Waals surface area contributed by atoms with Gasteiger partial charge in [0.05, 0.1) is 10.6 Å². The molecule has 4 nitrogen and oxygen atoms in total. The molecule has 2 aromatic rings. The summed E-state index contributed by atoms with van der Waals surface area (Å²) < 4.78 is 6.30. The van der Waals surface area contributed by atoms with Crippen molar-refractivity contribution < 1.29 is 9.53 Å². The van der Waals surface area contributed by atoms with Crippen LogP contribution in [0.4, 0.5) is 0 Å². The van der Waals surface area contributed by atoms with Gasteiger partial charge in [0.1, 0.15) is 17.9 Å². The monoisotopic (exact) mass is 382 g/mol. The molecule has 0 unspecified atom stereocenters. The molecule has 1 aliphatic rings. The zero-order valence-corrected chi connectivity index (χ0v) is 16.7. The fraction of sp³-hybridized carbons (Fsp3) is 0.364. The summed E-state index contributed by atoms with van der Waals surface area (Å²) in [5, 5.41) is 9.41. The zero-order chi connectivity index (χ0) is 20.0. The van der Waals surface area contributed by atoms with Gasteiger partial charge in [0.25, 0.3) is 0 Å². The number of nitrogens with two attached hydrogens (primary N) is 1. The number of carbonyl (C=O) groups is 1. The fourth-order valence-corrected chi connectivity index (χ4v) is 5.21. The van der Waals surface area contributed by atoms with Crippen LogP contribution in [-0.4, -0.2) is 12.0 Å². The van der Waals surface area contributed by atoms with Crippen LogP contribution in [0.25, 0.3) is 0 Å². The number of halogens is 1. The molecule has 0 aliphatic heterocycles. The Kier molecular flexibility index (Phi) is 4.69. The zero-order valence-electron chi connectivity index (χ0n) is 15.9. The minimum atomic E-state index is -0.416. The minimum Gasteiger partial charge on any atom is -0.489 e. The Morgan fingerprint density at radius 2 is 1.78 bits per heavy atom. The van der Waals surface area contributed by atoms with E-state index >= 15 is 0 Å². The molecule has 27 heavy (non-hydrogen) atoms. The number of benzene rings is 2. The number of amides is 1. The Labute approximate surface area is 164 Å². The van der Waals surface area contributed by atoms with E-state index in [1.54, 1.807) is 24.3 Å². The largest absolute Gasteiger partial charge is 0.489 e. The van der Waals surface area contributed by atoms with Gasteiger partial charge in [-0.25, -0.2) is 0 Å². The van der Waals surface area contributed by atoms with Crippen LogP contribution in [0, 0.1) is 22.2 Å². The molecule has 0 heterocycles. The number of rotatable bonds is 4. The normalized spacial score (nSPS) is 22.4. The van der Waals surface area contributed by atoms with Crippen LogP contribution >= 0.6 is 11.6 Å². The van der Waals surface area contributed by atoms with E-state index in [-0.39, 0.29) is 22.9 Å². The number of primary amides is 1. The third-order valence-electron chi connectivity index (χ3n) is 5.69. The summed E-state index contributed by atoms with van der Waals surface area (Å²) in [6.07, 6.45) is -0.0973. The molecule has 1 fully saturated rings. The SMILES string of the molecule is CC1(C)C(Oc2ccc(C#N)c(Cl)c2)C(C)(C)C1c1ccccc1C(N)=O. The molecule has 1 aliphatic carbocycles. The summed E-state index contributed by atoms with van der Waals surface area (Å²) in [6.45, 7) is 8.54. The van der Waals surface area contributed by atoms with Crippen molar-refractivity contribution in [3.8, 4) is 11.8 Å². The van der Waals surface area contributed by atoms with Gasteiger partial charge in [0.15, 0.2) is 0 Å². The van der Waals surface area contributed by atoms with E-state index in [9.17, 15) is 4.79 Å². The quantitative estimate of drug-likeness (QED) is 0.816. The molecule has 140 valence electrons. The van der Waals surface area contributed by atoms with Crippen molar-refractivity contribution in [1.29, 1.82) is 5.26 Å². The number of nitriles is 1. The van der Waals surface area contributed by atoms with Crippen LogP contribution in [0.15, 0.2) is 42.5 Å². The third-order valence-corrected chi connectivity index (χ3v) is 6.00. The van der Waals surface area contributed by atoms with E-state index in [2.05, 4.69) is 33.8 Å². The van der Waals surface area contributed by atoms with Gasteiger partial charge in [0.2, 0.25) is 5.91 Å². The number of hydrogen-bond donors (Lipinski definition) is 1. The van der Waals surface area contributed by atoms with Gasteiger partial charge in [-0.2, -0.15) is 5.26 Å². The molecule has 0 atom stereocenters. The molecule has 0 saturated heterocycles. The highest BCUT2D eigenvalue weighted by Crippen LogP contribution is 2.65. The summed E-state index contributed by atoms with van der Waals surface area (Å²) in [5.74, 6) is 0.319. The lowest BCUT2D eigenvalue weighted by Gasteiger charge is -2.63. The van der Waals surface area contributed by atoms with Crippen molar-refractivity contribution in [1.82, 2.24) is 0 Å². The van der Waals surface area contributed by atoms with Crippen molar-refractivity contribution in [2.45, 2.75) is 39.7 Å². The van der Waals surface area contributed by atoms with Gasteiger partial charge in [-0.05, 0) is 23.8 Å². The second-order valence-corrected chi connectivity index (χ2v) is 8.69. The van der Waals surface area contributed by atoms with Gasteiger partial charge < -0.3 is 10.5 Å². The van der Waals surface area contributed by atoms with Gasteiger partial charge in [0, 0.05) is 28.4 Å². The molecule has 0 radical (unpaired) electrons. The number of hydrogen-bond acceptors (Lipinski definition) is 3. The lowest BCUT2D eigenvalue weighted by molar-refractivity contribution is -0.160. The molecule has 5 heteroatoms. The van der Waals surface area contributed by atoms with E-state index < -0.39 is 5.91 Å². The van der Waals surface area contributed by atoms with Crippen LogP contribution in [0.2, 0.25) is 5.02 Å². The summed E-state index contributed by atoms with van der Waals surface area (Å²) >= 11 is 6.14. The first-order valence-corrected chi connectivity index (χ1v) is 9.23. The maximum Gasteiger partial charge on any atom is 0.248 e. The third kappa shape index (κ3) is 3.07. The maximum atomic E-state index is 11.9. The van der Waals surface area contributed by atoms with E-state index in [4.69, 9.17) is 27.3 Å². The molecule has 1 amide bonds. The van der Waals surface area contributed by atoms with Gasteiger partial charge in [-0.1, -0.05) is 57.5 Å². The Hall–Kier alpha value is -2.51. The first kappa shape index (κ1) is 19.3. The summed E-state index contributed by atoms with van der Waals surface area (Å²) in [5.41, 5.74) is 7.08. The highest BCUT2D eigenvalue weighted by molar-refractivity contribution is 6.31. The van der Waals surface area contributed by atoms with Crippen molar-refractivity contribution in [2.24, 2.45) is 16.6 Å². The average molecular weight is 383 g/mol. The molecule has 0 bridgehead atoms. The van der Waals surface area contributed by atoms with E-state index in [0.29, 0.717) is 21.9 Å². The standard InChI is InChI=1S/C22H23ClN2O2/c1-21(2)18(15-7-5-6-8-16(15)19(25)26)22(3,4)20(21)27-14-10-9-13(12-24)17(23)11-14/h5-11,18,20H,1-4H3,(H2,25,26). The summed E-state index contributed by atoms with van der Waals surface area (Å²) in [6, 6.07) is 14.7. The maximum absolute atomic E-state index is 11.9. The average Bonchev–Trinajstić information content (AvgIpc) is 2.59. The Bertz CT molecular complexity index is 928. The number of nitrogens with zero attached hydrogens (tertiary/aromatic N) is 1. The number of carbonyl (C=O) groups excluding carboxylic acids is 1. The van der Waals surface area contributed by atoms with E-state index in [1.807, 2.05) is 18.2 Å². The predicted molar refractivity (Wildman–Crippen MR) is 106 cm³/mol. The van der Waals surface area contributed by atoms with E-state index in [1.165, 1.54) is 0 Å². The summed E-state index contributed by atoms with van der Waals surface area (Å²) in [4.78, 5) is 11.9. The minimum absolute atomic E-state index is 0.0973. The van der Waals surface area contributed by atoms with Crippen LogP contribution < -0.4 is 10.5 Å². The topological polar surface area (TPSA) is 76.1 Å². The van der Waals surface area contributed by atoms with Crippen LogP contribution in [0.3, 0.4) is 0 Å². The van der Waals surface area contributed by atoms with Gasteiger partial charge in [-0.15, -0.1) is 0 Å². The van der Waals surface area contributed by atoms with Gasteiger partial charge in [-0.3, -0.25) is 4.79 Å². The van der Waals surface area contributed by atoms with E-state index in [0.717, 1.165) is 5.56 Å². The number of ether oxygens (including phenoxy) is 1. The predicted octanol–water partition coefficient (Wildman–Crippen LogP) is 4.91. The Balaban J connectivity index is 1.94. The molecule has 0 aromatic heterocycles. The smallest absolute Gasteiger partial charge is 0.248 e. The van der Waals surface area contributed by atoms with Crippen molar-refractivity contribution >= 4 is 17.5 Å². The lowest BCUT2D eigenvalue weighted by Crippen LogP contribution is -2.64. The Morgan fingerprint density at radius 1 is 1.15 bits per heavy atom. The van der Waals surface area contributed by atoms with Gasteiger partial charge >= 0.3 is 0 Å².